The number of carboxylic acid groups (broad SMARTS) is 1. The van der Waals surface area contributed by atoms with Crippen molar-refractivity contribution in [1.82, 2.24) is 0 Å². The molecule has 2 N–H and O–H groups in total. The highest BCUT2D eigenvalue weighted by Gasteiger charge is 2.16. The van der Waals surface area contributed by atoms with Gasteiger partial charge in [0.1, 0.15) is 11.5 Å². The van der Waals surface area contributed by atoms with E-state index < -0.39 is 5.97 Å². The number of nitrogens with one attached hydrogen (secondary N) is 1. The van der Waals surface area contributed by atoms with Crippen LogP contribution >= 0.6 is 11.6 Å². The van der Waals surface area contributed by atoms with Crippen LogP contribution < -0.4 is 5.32 Å². The minimum Gasteiger partial charge on any atom is -0.478 e. The number of aromatic carboxylic acids is 1. The zero-order valence-corrected chi connectivity index (χ0v) is 12.3. The van der Waals surface area contributed by atoms with Crippen molar-refractivity contribution < 1.29 is 14.3 Å². The van der Waals surface area contributed by atoms with Gasteiger partial charge in [-0.25, -0.2) is 4.79 Å². The molecule has 1 atom stereocenters. The van der Waals surface area contributed by atoms with Crippen LogP contribution in [0.25, 0.3) is 0 Å². The Hall–Kier alpha value is -1.94. The van der Waals surface area contributed by atoms with Gasteiger partial charge in [0.2, 0.25) is 0 Å². The Morgan fingerprint density at radius 2 is 2.05 bits per heavy atom. The zero-order chi connectivity index (χ0) is 14.9. The molecule has 0 saturated carbocycles. The number of carboxylic acids is 1. The number of halogens is 1. The largest absolute Gasteiger partial charge is 0.478 e. The van der Waals surface area contributed by atoms with E-state index >= 15 is 0 Å². The Labute approximate surface area is 122 Å². The van der Waals surface area contributed by atoms with E-state index in [1.54, 1.807) is 12.1 Å². The zero-order valence-electron chi connectivity index (χ0n) is 11.5. The van der Waals surface area contributed by atoms with E-state index in [2.05, 4.69) is 5.32 Å². The van der Waals surface area contributed by atoms with Gasteiger partial charge in [-0.3, -0.25) is 0 Å². The third-order valence-electron chi connectivity index (χ3n) is 3.13. The molecule has 1 aromatic carbocycles. The Balaban J connectivity index is 2.32. The van der Waals surface area contributed by atoms with E-state index in [1.807, 2.05) is 26.8 Å². The molecule has 1 unspecified atom stereocenters. The lowest BCUT2D eigenvalue weighted by Gasteiger charge is -2.16. The van der Waals surface area contributed by atoms with Crippen molar-refractivity contribution in [3.05, 3.63) is 51.9 Å². The smallest absolute Gasteiger partial charge is 0.337 e. The molecule has 0 aliphatic carbocycles. The van der Waals surface area contributed by atoms with Crippen molar-refractivity contribution >= 4 is 23.3 Å². The molecule has 1 aromatic heterocycles. The summed E-state index contributed by atoms with van der Waals surface area (Å²) in [4.78, 5) is 11.2. The third kappa shape index (κ3) is 2.96. The molecule has 0 fully saturated rings. The monoisotopic (exact) mass is 293 g/mol. The van der Waals surface area contributed by atoms with Crippen molar-refractivity contribution in [2.45, 2.75) is 26.8 Å². The number of furan rings is 1. The van der Waals surface area contributed by atoms with Crippen LogP contribution in [-0.4, -0.2) is 11.1 Å². The molecule has 20 heavy (non-hydrogen) atoms. The first-order valence-electron chi connectivity index (χ1n) is 6.25. The van der Waals surface area contributed by atoms with Crippen LogP contribution in [0.5, 0.6) is 0 Å². The summed E-state index contributed by atoms with van der Waals surface area (Å²) in [6, 6.07) is 6.53. The van der Waals surface area contributed by atoms with Gasteiger partial charge >= 0.3 is 5.97 Å². The molecular weight excluding hydrogens is 278 g/mol. The molecule has 106 valence electrons. The molecule has 5 heteroatoms. The Kier molecular flexibility index (Phi) is 4.04. The molecule has 0 saturated heterocycles. The average molecular weight is 294 g/mol. The summed E-state index contributed by atoms with van der Waals surface area (Å²) in [5.41, 5.74) is 1.69. The summed E-state index contributed by atoms with van der Waals surface area (Å²) in [6.45, 7) is 5.71. The Morgan fingerprint density at radius 1 is 1.35 bits per heavy atom. The highest BCUT2D eigenvalue weighted by molar-refractivity contribution is 6.31. The summed E-state index contributed by atoms with van der Waals surface area (Å²) in [7, 11) is 0. The van der Waals surface area contributed by atoms with Gasteiger partial charge in [0.05, 0.1) is 17.3 Å². The number of benzene rings is 1. The number of rotatable bonds is 4. The number of carbonyl (C=O) groups is 1. The standard InChI is InChI=1S/C15H16ClNO3/c1-8-6-13(10(3)20-8)9(2)17-14-7-11(16)4-5-12(14)15(18)19/h4-7,9,17H,1-3H3,(H,18,19). The average Bonchev–Trinajstić information content (AvgIpc) is 2.68. The normalized spacial score (nSPS) is 12.2. The van der Waals surface area contributed by atoms with Crippen molar-refractivity contribution in [2.75, 3.05) is 5.32 Å². The fraction of sp³-hybridized carbons (Fsp3) is 0.267. The van der Waals surface area contributed by atoms with Crippen LogP contribution in [0.15, 0.2) is 28.7 Å². The molecule has 2 rings (SSSR count). The molecule has 0 spiro atoms. The molecule has 0 bridgehead atoms. The predicted molar refractivity (Wildman–Crippen MR) is 78.6 cm³/mol. The maximum absolute atomic E-state index is 11.2. The predicted octanol–water partition coefficient (Wildman–Crippen LogP) is 4.42. The summed E-state index contributed by atoms with van der Waals surface area (Å²) in [5, 5.41) is 12.9. The van der Waals surface area contributed by atoms with Crippen molar-refractivity contribution in [3.8, 4) is 0 Å². The molecule has 4 nitrogen and oxygen atoms in total. The maximum atomic E-state index is 11.2. The number of anilines is 1. The molecule has 0 radical (unpaired) electrons. The van der Waals surface area contributed by atoms with Crippen LogP contribution in [0.3, 0.4) is 0 Å². The van der Waals surface area contributed by atoms with E-state index in [0.29, 0.717) is 10.7 Å². The SMILES string of the molecule is Cc1cc(C(C)Nc2cc(Cl)ccc2C(=O)O)c(C)o1. The van der Waals surface area contributed by atoms with E-state index in [9.17, 15) is 9.90 Å². The topological polar surface area (TPSA) is 62.5 Å². The first-order chi connectivity index (χ1) is 9.38. The summed E-state index contributed by atoms with van der Waals surface area (Å²) < 4.78 is 5.49. The van der Waals surface area contributed by atoms with E-state index in [-0.39, 0.29) is 11.6 Å². The Bertz CT molecular complexity index is 649. The van der Waals surface area contributed by atoms with E-state index in [4.69, 9.17) is 16.0 Å². The minimum absolute atomic E-state index is 0.0796. The number of aryl methyl sites for hydroxylation is 2. The van der Waals surface area contributed by atoms with Gasteiger partial charge < -0.3 is 14.8 Å². The highest BCUT2D eigenvalue weighted by atomic mass is 35.5. The van der Waals surface area contributed by atoms with Gasteiger partial charge in [0.25, 0.3) is 0 Å². The molecule has 0 aliphatic rings. The second-order valence-corrected chi connectivity index (χ2v) is 5.17. The second kappa shape index (κ2) is 5.59. The molecule has 0 aliphatic heterocycles. The van der Waals surface area contributed by atoms with Gasteiger partial charge in [0, 0.05) is 10.6 Å². The Morgan fingerprint density at radius 3 is 2.60 bits per heavy atom. The third-order valence-corrected chi connectivity index (χ3v) is 3.37. The van der Waals surface area contributed by atoms with Crippen LogP contribution in [0, 0.1) is 13.8 Å². The fourth-order valence-corrected chi connectivity index (χ4v) is 2.39. The minimum atomic E-state index is -0.989. The van der Waals surface area contributed by atoms with Gasteiger partial charge in [-0.05, 0) is 45.0 Å². The molecule has 1 heterocycles. The highest BCUT2D eigenvalue weighted by Crippen LogP contribution is 2.28. The molecule has 2 aromatic rings. The lowest BCUT2D eigenvalue weighted by atomic mass is 10.1. The lowest BCUT2D eigenvalue weighted by molar-refractivity contribution is 0.0698. The maximum Gasteiger partial charge on any atom is 0.337 e. The van der Waals surface area contributed by atoms with E-state index in [0.717, 1.165) is 17.1 Å². The first kappa shape index (κ1) is 14.5. The summed E-state index contributed by atoms with van der Waals surface area (Å²) in [6.07, 6.45) is 0. The van der Waals surface area contributed by atoms with Crippen molar-refractivity contribution in [3.63, 3.8) is 0 Å². The lowest BCUT2D eigenvalue weighted by Crippen LogP contribution is -2.11. The second-order valence-electron chi connectivity index (χ2n) is 4.73. The van der Waals surface area contributed by atoms with Gasteiger partial charge in [-0.15, -0.1) is 0 Å². The number of hydrogen-bond donors (Lipinski definition) is 2. The molecule has 0 amide bonds. The van der Waals surface area contributed by atoms with Crippen LogP contribution in [0.4, 0.5) is 5.69 Å². The van der Waals surface area contributed by atoms with Crippen LogP contribution in [0.1, 0.15) is 40.4 Å². The van der Waals surface area contributed by atoms with Crippen LogP contribution in [0.2, 0.25) is 5.02 Å². The fourth-order valence-electron chi connectivity index (χ4n) is 2.21. The molecular formula is C15H16ClNO3. The number of hydrogen-bond acceptors (Lipinski definition) is 3. The van der Waals surface area contributed by atoms with Crippen molar-refractivity contribution in [1.29, 1.82) is 0 Å². The van der Waals surface area contributed by atoms with Gasteiger partial charge in [-0.1, -0.05) is 11.6 Å². The van der Waals surface area contributed by atoms with Crippen molar-refractivity contribution in [2.24, 2.45) is 0 Å². The summed E-state index contributed by atoms with van der Waals surface area (Å²) in [5.74, 6) is 0.661. The van der Waals surface area contributed by atoms with E-state index in [1.165, 1.54) is 6.07 Å². The van der Waals surface area contributed by atoms with Crippen LogP contribution in [-0.2, 0) is 0 Å². The first-order valence-corrected chi connectivity index (χ1v) is 6.62. The summed E-state index contributed by atoms with van der Waals surface area (Å²) >= 11 is 5.93. The van der Waals surface area contributed by atoms with Gasteiger partial charge in [0.15, 0.2) is 0 Å². The quantitative estimate of drug-likeness (QED) is 0.876. The van der Waals surface area contributed by atoms with Gasteiger partial charge in [-0.2, -0.15) is 0 Å².